The van der Waals surface area contributed by atoms with Crippen LogP contribution in [0.3, 0.4) is 0 Å². The van der Waals surface area contributed by atoms with Crippen LogP contribution >= 0.6 is 0 Å². The highest BCUT2D eigenvalue weighted by molar-refractivity contribution is 5.96. The van der Waals surface area contributed by atoms with Gasteiger partial charge in [0.25, 0.3) is 0 Å². The second-order valence-corrected chi connectivity index (χ2v) is 9.87. The number of hydrogen-bond acceptors (Lipinski definition) is 7. The summed E-state index contributed by atoms with van der Waals surface area (Å²) < 4.78 is 0. The Morgan fingerprint density at radius 1 is 1.10 bits per heavy atom. The van der Waals surface area contributed by atoms with Crippen LogP contribution in [0.25, 0.3) is 10.9 Å². The van der Waals surface area contributed by atoms with Crippen LogP contribution in [0.1, 0.15) is 37.7 Å². The Bertz CT molecular complexity index is 1310. The zero-order valence-corrected chi connectivity index (χ0v) is 22.4. The van der Waals surface area contributed by atoms with Crippen molar-refractivity contribution < 1.29 is 34.2 Å². The van der Waals surface area contributed by atoms with Gasteiger partial charge in [-0.2, -0.15) is 0 Å². The molecule has 1 aliphatic rings. The smallest absolute Gasteiger partial charge is 0.326 e. The first-order valence-electron chi connectivity index (χ1n) is 13.2. The standard InChI is InChI=1S/C26H36N8O7/c27-16(11-14-13-31-17-6-2-1-5-15(14)17)22(37)33-19(12-21(35)36)24(39)34-10-4-8-20(34)23(38)32-18(25(40)41)7-3-9-30-26(28)29/h1-2,5-6,13,16,18-20,31H,3-4,7-12,27H2,(H,32,38)(H,33,37)(H,35,36)(H,40,41)(H4,28,29,30). The summed E-state index contributed by atoms with van der Waals surface area (Å²) in [5, 5.41) is 24.7. The van der Waals surface area contributed by atoms with Crippen molar-refractivity contribution in [3.63, 3.8) is 0 Å². The maximum atomic E-state index is 13.4. The number of nitrogens with zero attached hydrogens (tertiary/aromatic N) is 2. The number of benzene rings is 1. The van der Waals surface area contributed by atoms with Gasteiger partial charge in [-0.1, -0.05) is 18.2 Å². The van der Waals surface area contributed by atoms with E-state index >= 15 is 0 Å². The Labute approximate surface area is 235 Å². The van der Waals surface area contributed by atoms with E-state index in [2.05, 4.69) is 20.6 Å². The number of nitrogens with one attached hydrogen (secondary N) is 3. The number of aromatic amines is 1. The predicted molar refractivity (Wildman–Crippen MR) is 148 cm³/mol. The summed E-state index contributed by atoms with van der Waals surface area (Å²) in [5.74, 6) is -4.91. The third-order valence-electron chi connectivity index (χ3n) is 6.84. The van der Waals surface area contributed by atoms with Gasteiger partial charge in [0, 0.05) is 30.2 Å². The highest BCUT2D eigenvalue weighted by atomic mass is 16.4. The van der Waals surface area contributed by atoms with Gasteiger partial charge in [0.1, 0.15) is 18.1 Å². The molecule has 1 saturated heterocycles. The molecule has 4 unspecified atom stereocenters. The summed E-state index contributed by atoms with van der Waals surface area (Å²) >= 11 is 0. The Morgan fingerprint density at radius 2 is 1.83 bits per heavy atom. The van der Waals surface area contributed by atoms with Crippen molar-refractivity contribution in [2.24, 2.45) is 22.2 Å². The van der Waals surface area contributed by atoms with Crippen LogP contribution in [0, 0.1) is 0 Å². The lowest BCUT2D eigenvalue weighted by Gasteiger charge is -2.29. The molecule has 15 heteroatoms. The normalized spacial score (nSPS) is 16.9. The number of aliphatic imine (C=N–C) groups is 1. The number of carboxylic acids is 2. The molecule has 0 spiro atoms. The molecule has 0 aliphatic carbocycles. The van der Waals surface area contributed by atoms with Crippen LogP contribution in [-0.4, -0.2) is 93.0 Å². The molecule has 0 radical (unpaired) electrons. The van der Waals surface area contributed by atoms with Crippen LogP contribution in [0.2, 0.25) is 0 Å². The van der Waals surface area contributed by atoms with Crippen LogP contribution in [0.4, 0.5) is 0 Å². The lowest BCUT2D eigenvalue weighted by Crippen LogP contribution is -2.57. The van der Waals surface area contributed by atoms with Crippen molar-refractivity contribution in [2.45, 2.75) is 62.7 Å². The summed E-state index contributed by atoms with van der Waals surface area (Å²) in [4.78, 5) is 70.7. The third kappa shape index (κ3) is 8.41. The minimum absolute atomic E-state index is 0.0462. The number of guanidine groups is 1. The van der Waals surface area contributed by atoms with E-state index < -0.39 is 60.2 Å². The van der Waals surface area contributed by atoms with E-state index in [0.29, 0.717) is 6.42 Å². The molecule has 3 rings (SSSR count). The van der Waals surface area contributed by atoms with E-state index in [4.69, 9.17) is 17.2 Å². The number of carbonyl (C=O) groups is 5. The van der Waals surface area contributed by atoms with Gasteiger partial charge in [-0.3, -0.25) is 24.2 Å². The van der Waals surface area contributed by atoms with Crippen molar-refractivity contribution in [1.29, 1.82) is 0 Å². The highest BCUT2D eigenvalue weighted by Crippen LogP contribution is 2.21. The Kier molecular flexibility index (Phi) is 10.6. The Balaban J connectivity index is 1.66. The van der Waals surface area contributed by atoms with Gasteiger partial charge in [0.2, 0.25) is 17.7 Å². The fourth-order valence-electron chi connectivity index (χ4n) is 4.82. The number of nitrogens with two attached hydrogens (primary N) is 3. The number of aromatic nitrogens is 1. The number of hydrogen-bond donors (Lipinski definition) is 8. The number of likely N-dealkylation sites (tertiary alicyclic amines) is 1. The van der Waals surface area contributed by atoms with E-state index in [1.54, 1.807) is 6.20 Å². The molecule has 3 amide bonds. The van der Waals surface area contributed by atoms with Crippen molar-refractivity contribution >= 4 is 46.5 Å². The van der Waals surface area contributed by atoms with E-state index in [0.717, 1.165) is 16.5 Å². The summed E-state index contributed by atoms with van der Waals surface area (Å²) in [6.07, 6.45) is 2.15. The quantitative estimate of drug-likeness (QED) is 0.0746. The second kappa shape index (κ2) is 14.1. The van der Waals surface area contributed by atoms with Crippen molar-refractivity contribution in [3.8, 4) is 0 Å². The first kappa shape index (κ1) is 30.9. The fraction of sp³-hybridized carbons (Fsp3) is 0.462. The molecule has 0 bridgehead atoms. The number of para-hydroxylation sites is 1. The first-order valence-corrected chi connectivity index (χ1v) is 13.2. The van der Waals surface area contributed by atoms with Crippen LogP contribution in [-0.2, 0) is 30.4 Å². The minimum Gasteiger partial charge on any atom is -0.481 e. The molecule has 1 aromatic carbocycles. The Morgan fingerprint density at radius 3 is 2.51 bits per heavy atom. The average Bonchev–Trinajstić information content (AvgIpc) is 3.57. The largest absolute Gasteiger partial charge is 0.481 e. The van der Waals surface area contributed by atoms with E-state index in [1.807, 2.05) is 24.3 Å². The van der Waals surface area contributed by atoms with Gasteiger partial charge in [-0.25, -0.2) is 4.79 Å². The van der Waals surface area contributed by atoms with Crippen LogP contribution < -0.4 is 27.8 Å². The van der Waals surface area contributed by atoms with E-state index in [9.17, 15) is 34.2 Å². The van der Waals surface area contributed by atoms with Gasteiger partial charge < -0.3 is 47.9 Å². The topological polar surface area (TPSA) is 259 Å². The Hall–Kier alpha value is -4.66. The van der Waals surface area contributed by atoms with Crippen molar-refractivity contribution in [2.75, 3.05) is 13.1 Å². The second-order valence-electron chi connectivity index (χ2n) is 9.87. The van der Waals surface area contributed by atoms with Gasteiger partial charge >= 0.3 is 11.9 Å². The summed E-state index contributed by atoms with van der Waals surface area (Å²) in [6, 6.07) is 2.63. The number of carboxylic acid groups (broad SMARTS) is 2. The molecule has 15 nitrogen and oxygen atoms in total. The zero-order chi connectivity index (χ0) is 30.1. The number of H-pyrrole nitrogens is 1. The molecule has 222 valence electrons. The highest BCUT2D eigenvalue weighted by Gasteiger charge is 2.39. The van der Waals surface area contributed by atoms with Crippen LogP contribution in [0.5, 0.6) is 0 Å². The molecule has 41 heavy (non-hydrogen) atoms. The molecular weight excluding hydrogens is 536 g/mol. The SMILES string of the molecule is NC(N)=NCCCC(NC(=O)C1CCCN1C(=O)C(CC(=O)O)NC(=O)C(N)Cc1c[nH]c2ccccc12)C(=O)O. The van der Waals surface area contributed by atoms with Gasteiger partial charge in [-0.05, 0) is 43.7 Å². The predicted octanol–water partition coefficient (Wildman–Crippen LogP) is -1.39. The molecule has 2 heterocycles. The minimum atomic E-state index is -1.47. The molecule has 1 fully saturated rings. The maximum absolute atomic E-state index is 13.4. The molecule has 2 aromatic rings. The maximum Gasteiger partial charge on any atom is 0.326 e. The molecule has 1 aromatic heterocycles. The van der Waals surface area contributed by atoms with Crippen molar-refractivity contribution in [3.05, 3.63) is 36.0 Å². The number of rotatable bonds is 14. The van der Waals surface area contributed by atoms with E-state index in [1.165, 1.54) is 4.90 Å². The molecular formula is C26H36N8O7. The molecule has 4 atom stereocenters. The number of fused-ring (bicyclic) bond motifs is 1. The summed E-state index contributed by atoms with van der Waals surface area (Å²) in [6.45, 7) is 0.307. The monoisotopic (exact) mass is 572 g/mol. The lowest BCUT2D eigenvalue weighted by molar-refractivity contribution is -0.147. The molecule has 1 aliphatic heterocycles. The van der Waals surface area contributed by atoms with Crippen LogP contribution in [0.15, 0.2) is 35.5 Å². The zero-order valence-electron chi connectivity index (χ0n) is 22.4. The number of carbonyl (C=O) groups excluding carboxylic acids is 3. The van der Waals surface area contributed by atoms with Gasteiger partial charge in [0.15, 0.2) is 5.96 Å². The van der Waals surface area contributed by atoms with E-state index in [-0.39, 0.29) is 44.7 Å². The summed E-state index contributed by atoms with van der Waals surface area (Å²) in [5.41, 5.74) is 18.3. The molecule has 11 N–H and O–H groups in total. The third-order valence-corrected chi connectivity index (χ3v) is 6.84. The molecule has 0 saturated carbocycles. The van der Waals surface area contributed by atoms with Gasteiger partial charge in [0.05, 0.1) is 12.5 Å². The first-order chi connectivity index (χ1) is 19.5. The number of amides is 3. The average molecular weight is 573 g/mol. The van der Waals surface area contributed by atoms with Gasteiger partial charge in [-0.15, -0.1) is 0 Å². The van der Waals surface area contributed by atoms with Crippen molar-refractivity contribution in [1.82, 2.24) is 20.5 Å². The summed E-state index contributed by atoms with van der Waals surface area (Å²) in [7, 11) is 0. The fourth-order valence-corrected chi connectivity index (χ4v) is 4.82. The number of aliphatic carboxylic acids is 2. The lowest BCUT2D eigenvalue weighted by atomic mass is 10.0.